The van der Waals surface area contributed by atoms with Gasteiger partial charge in [-0.3, -0.25) is 5.41 Å². The molecule has 0 saturated carbocycles. The molecule has 2 N–H and O–H groups in total. The first-order valence-corrected chi connectivity index (χ1v) is 10.5. The molecule has 0 saturated heterocycles. The van der Waals surface area contributed by atoms with Gasteiger partial charge in [-0.05, 0) is 37.3 Å². The highest BCUT2D eigenvalue weighted by Crippen LogP contribution is 2.34. The van der Waals surface area contributed by atoms with E-state index in [1.165, 1.54) is 11.3 Å². The lowest BCUT2D eigenvalue weighted by atomic mass is 10.1. The van der Waals surface area contributed by atoms with Gasteiger partial charge in [-0.25, -0.2) is 9.78 Å². The Labute approximate surface area is 182 Å². The highest BCUT2D eigenvalue weighted by atomic mass is 35.5. The summed E-state index contributed by atoms with van der Waals surface area (Å²) in [4.78, 5) is 18.3. The SMILES string of the molecule is CCOC(=O)c1cccc(N2CC(O)=C(c3nc(-c4ccc(Cl)cc4)cs3)C2=N)c1. The second-order valence-electron chi connectivity index (χ2n) is 6.57. The molecule has 8 heteroatoms. The topological polar surface area (TPSA) is 86.5 Å². The zero-order valence-corrected chi connectivity index (χ0v) is 17.6. The number of aromatic nitrogens is 1. The molecule has 1 aromatic heterocycles. The number of aliphatic hydroxyl groups is 1. The molecule has 2 aromatic carbocycles. The van der Waals surface area contributed by atoms with Crippen LogP contribution in [0, 0.1) is 5.41 Å². The summed E-state index contributed by atoms with van der Waals surface area (Å²) in [6, 6.07) is 14.2. The summed E-state index contributed by atoms with van der Waals surface area (Å²) < 4.78 is 5.05. The number of carbonyl (C=O) groups is 1. The summed E-state index contributed by atoms with van der Waals surface area (Å²) in [6.45, 7) is 2.17. The van der Waals surface area contributed by atoms with E-state index in [4.69, 9.17) is 21.7 Å². The number of anilines is 1. The van der Waals surface area contributed by atoms with Gasteiger partial charge in [0.2, 0.25) is 0 Å². The smallest absolute Gasteiger partial charge is 0.338 e. The van der Waals surface area contributed by atoms with E-state index in [1.54, 1.807) is 48.2 Å². The van der Waals surface area contributed by atoms with Gasteiger partial charge in [0, 0.05) is 21.7 Å². The third-order valence-corrected chi connectivity index (χ3v) is 5.74. The van der Waals surface area contributed by atoms with Crippen LogP contribution in [0.15, 0.2) is 59.7 Å². The van der Waals surface area contributed by atoms with E-state index in [-0.39, 0.29) is 24.7 Å². The van der Waals surface area contributed by atoms with E-state index < -0.39 is 5.97 Å². The Balaban J connectivity index is 1.60. The van der Waals surface area contributed by atoms with Crippen molar-refractivity contribution in [3.63, 3.8) is 0 Å². The highest BCUT2D eigenvalue weighted by Gasteiger charge is 2.31. The van der Waals surface area contributed by atoms with Gasteiger partial charge in [-0.2, -0.15) is 0 Å². The molecule has 0 radical (unpaired) electrons. The van der Waals surface area contributed by atoms with Crippen LogP contribution in [0.2, 0.25) is 5.02 Å². The molecule has 152 valence electrons. The Bertz CT molecular complexity index is 1150. The number of nitrogens with zero attached hydrogens (tertiary/aromatic N) is 2. The van der Waals surface area contributed by atoms with E-state index >= 15 is 0 Å². The Kier molecular flexibility index (Phi) is 5.57. The van der Waals surface area contributed by atoms with E-state index in [0.29, 0.717) is 26.9 Å². The number of aliphatic hydroxyl groups excluding tert-OH is 1. The van der Waals surface area contributed by atoms with Crippen LogP contribution in [0.5, 0.6) is 0 Å². The van der Waals surface area contributed by atoms with Crippen molar-refractivity contribution < 1.29 is 14.6 Å². The quantitative estimate of drug-likeness (QED) is 0.519. The van der Waals surface area contributed by atoms with E-state index in [0.717, 1.165) is 11.3 Å². The lowest BCUT2D eigenvalue weighted by molar-refractivity contribution is 0.0526. The number of rotatable bonds is 5. The fourth-order valence-electron chi connectivity index (χ4n) is 3.18. The average molecular weight is 440 g/mol. The van der Waals surface area contributed by atoms with E-state index in [2.05, 4.69) is 4.98 Å². The minimum Gasteiger partial charge on any atom is -0.510 e. The molecule has 4 rings (SSSR count). The molecule has 0 aliphatic carbocycles. The van der Waals surface area contributed by atoms with Gasteiger partial charge in [0.15, 0.2) is 0 Å². The summed E-state index contributed by atoms with van der Waals surface area (Å²) in [5.41, 5.74) is 3.07. The second kappa shape index (κ2) is 8.30. The van der Waals surface area contributed by atoms with Crippen molar-refractivity contribution in [3.8, 4) is 11.3 Å². The van der Waals surface area contributed by atoms with Crippen LogP contribution in [0.4, 0.5) is 5.69 Å². The predicted molar refractivity (Wildman–Crippen MR) is 120 cm³/mol. The van der Waals surface area contributed by atoms with Gasteiger partial charge >= 0.3 is 5.97 Å². The van der Waals surface area contributed by atoms with Crippen LogP contribution < -0.4 is 4.90 Å². The molecule has 0 spiro atoms. The van der Waals surface area contributed by atoms with Gasteiger partial charge in [-0.15, -0.1) is 11.3 Å². The number of ether oxygens (including phenoxy) is 1. The van der Waals surface area contributed by atoms with Crippen LogP contribution in [0.3, 0.4) is 0 Å². The number of hydrogen-bond acceptors (Lipinski definition) is 6. The normalized spacial score (nSPS) is 13.8. The zero-order valence-electron chi connectivity index (χ0n) is 16.1. The van der Waals surface area contributed by atoms with Crippen LogP contribution in [0.1, 0.15) is 22.3 Å². The van der Waals surface area contributed by atoms with Crippen LogP contribution in [-0.4, -0.2) is 35.0 Å². The molecule has 1 aliphatic rings. The number of hydrogen-bond donors (Lipinski definition) is 2. The lowest BCUT2D eigenvalue weighted by Gasteiger charge is -2.19. The molecule has 1 aliphatic heterocycles. The Morgan fingerprint density at radius 3 is 2.80 bits per heavy atom. The fraction of sp³-hybridized carbons (Fsp3) is 0.136. The first-order chi connectivity index (χ1) is 14.5. The fourth-order valence-corrected chi connectivity index (χ4v) is 4.20. The summed E-state index contributed by atoms with van der Waals surface area (Å²) in [5.74, 6) is -0.223. The van der Waals surface area contributed by atoms with Gasteiger partial charge < -0.3 is 14.7 Å². The minimum atomic E-state index is -0.421. The molecular weight excluding hydrogens is 422 g/mol. The monoisotopic (exact) mass is 439 g/mol. The molecule has 2 heterocycles. The molecule has 0 atom stereocenters. The Morgan fingerprint density at radius 1 is 1.30 bits per heavy atom. The van der Waals surface area contributed by atoms with Crippen molar-refractivity contribution in [3.05, 3.63) is 75.3 Å². The summed E-state index contributed by atoms with van der Waals surface area (Å²) in [7, 11) is 0. The van der Waals surface area contributed by atoms with E-state index in [9.17, 15) is 9.90 Å². The molecule has 30 heavy (non-hydrogen) atoms. The highest BCUT2D eigenvalue weighted by molar-refractivity contribution is 7.11. The predicted octanol–water partition coefficient (Wildman–Crippen LogP) is 5.41. The Hall–Kier alpha value is -3.16. The van der Waals surface area contributed by atoms with Crippen molar-refractivity contribution in [2.24, 2.45) is 0 Å². The van der Waals surface area contributed by atoms with Crippen molar-refractivity contribution >= 4 is 46.0 Å². The standard InChI is InChI=1S/C22H18ClN3O3S/c1-2-29-22(28)14-4-3-5-16(10-14)26-11-18(27)19(20(26)24)21-25-17(12-30-21)13-6-8-15(23)9-7-13/h3-10,12,24,27H,2,11H2,1H3. The third-order valence-electron chi connectivity index (χ3n) is 4.63. The molecule has 0 unspecified atom stereocenters. The number of carbonyl (C=O) groups excluding carboxylic acids is 1. The number of esters is 1. The summed E-state index contributed by atoms with van der Waals surface area (Å²) in [5, 5.41) is 22.3. The first-order valence-electron chi connectivity index (χ1n) is 9.25. The third kappa shape index (κ3) is 3.81. The van der Waals surface area contributed by atoms with Gasteiger partial charge in [0.05, 0.1) is 30.0 Å². The molecule has 0 bridgehead atoms. The van der Waals surface area contributed by atoms with Crippen molar-refractivity contribution in [1.82, 2.24) is 4.98 Å². The molecular formula is C22H18ClN3O3S. The van der Waals surface area contributed by atoms with Gasteiger partial charge in [0.1, 0.15) is 16.6 Å². The summed E-state index contributed by atoms with van der Waals surface area (Å²) in [6.07, 6.45) is 0. The average Bonchev–Trinajstić information content (AvgIpc) is 3.33. The Morgan fingerprint density at radius 2 is 2.07 bits per heavy atom. The van der Waals surface area contributed by atoms with Crippen molar-refractivity contribution in [2.75, 3.05) is 18.1 Å². The minimum absolute atomic E-state index is 0.0681. The molecule has 6 nitrogen and oxygen atoms in total. The molecule has 0 amide bonds. The lowest BCUT2D eigenvalue weighted by Crippen LogP contribution is -2.26. The van der Waals surface area contributed by atoms with E-state index in [1.807, 2.05) is 17.5 Å². The second-order valence-corrected chi connectivity index (χ2v) is 7.87. The number of benzene rings is 2. The number of thiazole rings is 1. The maximum absolute atomic E-state index is 12.0. The van der Waals surface area contributed by atoms with Crippen molar-refractivity contribution in [1.29, 1.82) is 5.41 Å². The number of amidine groups is 1. The largest absolute Gasteiger partial charge is 0.510 e. The number of nitrogens with one attached hydrogen (secondary N) is 1. The van der Waals surface area contributed by atoms with Crippen LogP contribution in [0.25, 0.3) is 16.8 Å². The van der Waals surface area contributed by atoms with Gasteiger partial charge in [0.25, 0.3) is 0 Å². The van der Waals surface area contributed by atoms with Gasteiger partial charge in [-0.1, -0.05) is 29.8 Å². The maximum Gasteiger partial charge on any atom is 0.338 e. The maximum atomic E-state index is 12.0. The summed E-state index contributed by atoms with van der Waals surface area (Å²) >= 11 is 7.31. The first kappa shape index (κ1) is 20.1. The van der Waals surface area contributed by atoms with Crippen molar-refractivity contribution in [2.45, 2.75) is 6.92 Å². The van der Waals surface area contributed by atoms with Crippen LogP contribution >= 0.6 is 22.9 Å². The van der Waals surface area contributed by atoms with Crippen LogP contribution in [-0.2, 0) is 4.74 Å². The molecule has 3 aromatic rings. The molecule has 0 fully saturated rings. The zero-order chi connectivity index (χ0) is 21.3. The number of halogens is 1.